The van der Waals surface area contributed by atoms with Crippen molar-refractivity contribution in [2.24, 2.45) is 17.6 Å². The van der Waals surface area contributed by atoms with E-state index >= 15 is 0 Å². The topological polar surface area (TPSA) is 55.6 Å². The number of nitrogens with two attached hydrogens (primary N) is 1. The van der Waals surface area contributed by atoms with Crippen molar-refractivity contribution >= 4 is 5.91 Å². The fourth-order valence-corrected chi connectivity index (χ4v) is 2.74. The highest BCUT2D eigenvalue weighted by molar-refractivity contribution is 5.81. The van der Waals surface area contributed by atoms with Crippen molar-refractivity contribution in [3.63, 3.8) is 0 Å². The summed E-state index contributed by atoms with van der Waals surface area (Å²) in [6.07, 6.45) is 2.52. The molecule has 1 amide bonds. The van der Waals surface area contributed by atoms with E-state index in [1.54, 1.807) is 7.11 Å². The molecule has 1 aliphatic heterocycles. The summed E-state index contributed by atoms with van der Waals surface area (Å²) < 4.78 is 5.14. The number of rotatable bonds is 6. The second kappa shape index (κ2) is 6.57. The molecule has 4 nitrogen and oxygen atoms in total. The van der Waals surface area contributed by atoms with Crippen LogP contribution in [0.4, 0.5) is 0 Å². The fraction of sp³-hybridized carbons (Fsp3) is 0.438. The molecule has 0 unspecified atom stereocenters. The Morgan fingerprint density at radius 1 is 1.45 bits per heavy atom. The number of methoxy groups -OCH3 is 1. The van der Waals surface area contributed by atoms with Gasteiger partial charge in [0, 0.05) is 24.9 Å². The lowest BCUT2D eigenvalue weighted by Gasteiger charge is -2.16. The van der Waals surface area contributed by atoms with E-state index in [2.05, 4.69) is 6.58 Å². The van der Waals surface area contributed by atoms with Gasteiger partial charge in [0.2, 0.25) is 5.91 Å². The lowest BCUT2D eigenvalue weighted by molar-refractivity contribution is -0.131. The summed E-state index contributed by atoms with van der Waals surface area (Å²) in [7, 11) is 1.64. The Kier molecular flexibility index (Phi) is 4.79. The Bertz CT molecular complexity index is 470. The van der Waals surface area contributed by atoms with Gasteiger partial charge < -0.3 is 15.4 Å². The van der Waals surface area contributed by atoms with Gasteiger partial charge >= 0.3 is 0 Å². The first-order chi connectivity index (χ1) is 9.69. The maximum Gasteiger partial charge on any atom is 0.226 e. The Labute approximate surface area is 120 Å². The van der Waals surface area contributed by atoms with Crippen LogP contribution in [0.1, 0.15) is 12.0 Å². The van der Waals surface area contributed by atoms with Gasteiger partial charge in [-0.2, -0.15) is 0 Å². The number of hydrogen-bond acceptors (Lipinski definition) is 3. The number of amides is 1. The number of carbonyl (C=O) groups is 1. The van der Waals surface area contributed by atoms with Crippen molar-refractivity contribution in [2.75, 3.05) is 20.2 Å². The first-order valence-corrected chi connectivity index (χ1v) is 6.92. The highest BCUT2D eigenvalue weighted by atomic mass is 16.5. The van der Waals surface area contributed by atoms with Crippen LogP contribution >= 0.6 is 0 Å². The van der Waals surface area contributed by atoms with Gasteiger partial charge in [0.1, 0.15) is 5.75 Å². The Hall–Kier alpha value is -1.81. The Balaban J connectivity index is 2.05. The van der Waals surface area contributed by atoms with Gasteiger partial charge in [-0.15, -0.1) is 6.58 Å². The van der Waals surface area contributed by atoms with E-state index < -0.39 is 0 Å². The number of ether oxygens (including phenoxy) is 1. The van der Waals surface area contributed by atoms with E-state index in [0.717, 1.165) is 17.9 Å². The van der Waals surface area contributed by atoms with Crippen LogP contribution in [0.2, 0.25) is 0 Å². The molecule has 1 aromatic carbocycles. The van der Waals surface area contributed by atoms with Crippen molar-refractivity contribution < 1.29 is 9.53 Å². The number of carbonyl (C=O) groups excluding carboxylic acids is 1. The number of hydrogen-bond donors (Lipinski definition) is 1. The second-order valence-electron chi connectivity index (χ2n) is 5.19. The number of allylic oxidation sites excluding steroid dienone is 1. The molecule has 4 heteroatoms. The predicted molar refractivity (Wildman–Crippen MR) is 79.3 cm³/mol. The summed E-state index contributed by atoms with van der Waals surface area (Å²) in [6, 6.07) is 7.81. The zero-order valence-electron chi connectivity index (χ0n) is 11.9. The van der Waals surface area contributed by atoms with E-state index in [0.29, 0.717) is 19.5 Å². The summed E-state index contributed by atoms with van der Waals surface area (Å²) >= 11 is 0. The third kappa shape index (κ3) is 3.02. The van der Waals surface area contributed by atoms with Crippen molar-refractivity contribution in [2.45, 2.75) is 13.0 Å². The van der Waals surface area contributed by atoms with Crippen molar-refractivity contribution in [3.05, 3.63) is 42.5 Å². The van der Waals surface area contributed by atoms with Crippen LogP contribution < -0.4 is 10.5 Å². The molecule has 0 spiro atoms. The highest BCUT2D eigenvalue weighted by Gasteiger charge is 2.38. The third-order valence-corrected chi connectivity index (χ3v) is 3.91. The van der Waals surface area contributed by atoms with Crippen LogP contribution in [-0.2, 0) is 11.3 Å². The molecule has 20 heavy (non-hydrogen) atoms. The van der Waals surface area contributed by atoms with Crippen LogP contribution in [0.15, 0.2) is 36.9 Å². The summed E-state index contributed by atoms with van der Waals surface area (Å²) in [5.41, 5.74) is 6.89. The standard InChI is InChI=1S/C16H22N2O2/c1-3-4-15-13(9-17)11-18(16(15)19)10-12-5-7-14(20-2)8-6-12/h3,5-8,13,15H,1,4,9-11,17H2,2H3/t13-,15+/m1/s1. The average molecular weight is 274 g/mol. The van der Waals surface area contributed by atoms with Crippen molar-refractivity contribution in [1.29, 1.82) is 0 Å². The first-order valence-electron chi connectivity index (χ1n) is 6.92. The van der Waals surface area contributed by atoms with E-state index in [-0.39, 0.29) is 17.7 Å². The minimum Gasteiger partial charge on any atom is -0.497 e. The van der Waals surface area contributed by atoms with E-state index in [1.165, 1.54) is 0 Å². The Morgan fingerprint density at radius 3 is 2.70 bits per heavy atom. The largest absolute Gasteiger partial charge is 0.497 e. The van der Waals surface area contributed by atoms with Gasteiger partial charge in [-0.1, -0.05) is 18.2 Å². The smallest absolute Gasteiger partial charge is 0.226 e. The van der Waals surface area contributed by atoms with Crippen LogP contribution in [0, 0.1) is 11.8 Å². The minimum absolute atomic E-state index is 0.00394. The van der Waals surface area contributed by atoms with Crippen LogP contribution in [0.5, 0.6) is 5.75 Å². The van der Waals surface area contributed by atoms with Gasteiger partial charge in [0.25, 0.3) is 0 Å². The molecular formula is C16H22N2O2. The molecule has 2 atom stereocenters. The lowest BCUT2D eigenvalue weighted by Crippen LogP contribution is -2.26. The summed E-state index contributed by atoms with van der Waals surface area (Å²) in [4.78, 5) is 14.3. The SMILES string of the molecule is C=CC[C@@H]1C(=O)N(Cc2ccc(OC)cc2)C[C@H]1CN. The maximum absolute atomic E-state index is 12.4. The monoisotopic (exact) mass is 274 g/mol. The Morgan fingerprint density at radius 2 is 2.15 bits per heavy atom. The molecule has 0 aliphatic carbocycles. The molecule has 1 aliphatic rings. The van der Waals surface area contributed by atoms with Gasteiger partial charge in [0.15, 0.2) is 0 Å². The van der Waals surface area contributed by atoms with Gasteiger partial charge in [0.05, 0.1) is 7.11 Å². The summed E-state index contributed by atoms with van der Waals surface area (Å²) in [5.74, 6) is 1.25. The van der Waals surface area contributed by atoms with Crippen molar-refractivity contribution in [3.8, 4) is 5.75 Å². The van der Waals surface area contributed by atoms with Crippen molar-refractivity contribution in [1.82, 2.24) is 4.90 Å². The fourth-order valence-electron chi connectivity index (χ4n) is 2.74. The molecule has 0 bridgehead atoms. The van der Waals surface area contributed by atoms with Crippen LogP contribution in [0.25, 0.3) is 0 Å². The quantitative estimate of drug-likeness (QED) is 0.805. The van der Waals surface area contributed by atoms with Gasteiger partial charge in [-0.25, -0.2) is 0 Å². The number of nitrogens with zero attached hydrogens (tertiary/aromatic N) is 1. The predicted octanol–water partition coefficient (Wildman–Crippen LogP) is 1.80. The van der Waals surface area contributed by atoms with Gasteiger partial charge in [-0.3, -0.25) is 4.79 Å². The molecule has 2 N–H and O–H groups in total. The summed E-state index contributed by atoms with van der Waals surface area (Å²) in [6.45, 7) is 5.64. The third-order valence-electron chi connectivity index (χ3n) is 3.91. The van der Waals surface area contributed by atoms with Crippen LogP contribution in [0.3, 0.4) is 0 Å². The molecule has 0 saturated carbocycles. The molecule has 1 fully saturated rings. The van der Waals surface area contributed by atoms with E-state index in [9.17, 15) is 4.79 Å². The first kappa shape index (κ1) is 14.6. The molecular weight excluding hydrogens is 252 g/mol. The normalized spacial score (nSPS) is 22.1. The molecule has 1 heterocycles. The zero-order chi connectivity index (χ0) is 14.5. The summed E-state index contributed by atoms with van der Waals surface area (Å²) in [5, 5.41) is 0. The minimum atomic E-state index is -0.00394. The maximum atomic E-state index is 12.4. The lowest BCUT2D eigenvalue weighted by atomic mass is 9.93. The van der Waals surface area contributed by atoms with E-state index in [4.69, 9.17) is 10.5 Å². The number of benzene rings is 1. The molecule has 2 rings (SSSR count). The van der Waals surface area contributed by atoms with Crippen LogP contribution in [-0.4, -0.2) is 31.0 Å². The second-order valence-corrected chi connectivity index (χ2v) is 5.19. The molecule has 1 aromatic rings. The molecule has 0 aromatic heterocycles. The molecule has 108 valence electrons. The number of likely N-dealkylation sites (tertiary alicyclic amines) is 1. The molecule has 1 saturated heterocycles. The van der Waals surface area contributed by atoms with Gasteiger partial charge in [-0.05, 0) is 30.7 Å². The zero-order valence-corrected chi connectivity index (χ0v) is 11.9. The molecule has 0 radical (unpaired) electrons. The highest BCUT2D eigenvalue weighted by Crippen LogP contribution is 2.28. The van der Waals surface area contributed by atoms with E-state index in [1.807, 2.05) is 35.2 Å². The average Bonchev–Trinajstić information content (AvgIpc) is 2.77.